The van der Waals surface area contributed by atoms with Crippen LogP contribution in [0.2, 0.25) is 0 Å². The molecule has 0 aliphatic rings. The molecule has 0 spiro atoms. The summed E-state index contributed by atoms with van der Waals surface area (Å²) in [7, 11) is 0. The van der Waals surface area contributed by atoms with E-state index in [-0.39, 0.29) is 6.61 Å². The highest BCUT2D eigenvalue weighted by molar-refractivity contribution is 7.20. The summed E-state index contributed by atoms with van der Waals surface area (Å²) < 4.78 is 2.03. The number of nitrogens with zero attached hydrogens (tertiary/aromatic N) is 3. The maximum atomic E-state index is 9.55. The molecule has 0 aliphatic heterocycles. The van der Waals surface area contributed by atoms with Crippen molar-refractivity contribution in [3.63, 3.8) is 0 Å². The second kappa shape index (κ2) is 5.64. The second-order valence-electron chi connectivity index (χ2n) is 4.88. The van der Waals surface area contributed by atoms with Gasteiger partial charge in [0, 0.05) is 5.38 Å². The first-order chi connectivity index (χ1) is 10.8. The van der Waals surface area contributed by atoms with Crippen molar-refractivity contribution < 1.29 is 5.11 Å². The molecule has 1 aromatic carbocycles. The van der Waals surface area contributed by atoms with Crippen LogP contribution in [-0.2, 0) is 13.2 Å². The van der Waals surface area contributed by atoms with Crippen LogP contribution >= 0.6 is 22.7 Å². The predicted molar refractivity (Wildman–Crippen MR) is 90.2 cm³/mol. The van der Waals surface area contributed by atoms with Gasteiger partial charge in [-0.05, 0) is 23.6 Å². The lowest BCUT2D eigenvalue weighted by Crippen LogP contribution is -2.05. The predicted octanol–water partition coefficient (Wildman–Crippen LogP) is 3.76. The lowest BCUT2D eigenvalue weighted by Gasteiger charge is -2.05. The van der Waals surface area contributed by atoms with Gasteiger partial charge in [-0.1, -0.05) is 18.2 Å². The Morgan fingerprint density at radius 1 is 1.05 bits per heavy atom. The van der Waals surface area contributed by atoms with Gasteiger partial charge >= 0.3 is 0 Å². The summed E-state index contributed by atoms with van der Waals surface area (Å²) in [4.78, 5) is 10.4. The van der Waals surface area contributed by atoms with Crippen molar-refractivity contribution >= 4 is 33.7 Å². The molecule has 0 saturated heterocycles. The van der Waals surface area contributed by atoms with Crippen LogP contribution in [0.15, 0.2) is 47.2 Å². The molecular weight excluding hydrogens is 314 g/mol. The van der Waals surface area contributed by atoms with Gasteiger partial charge in [0.2, 0.25) is 0 Å². The van der Waals surface area contributed by atoms with E-state index in [0.29, 0.717) is 12.4 Å². The molecule has 0 atom stereocenters. The van der Waals surface area contributed by atoms with Crippen molar-refractivity contribution in [2.45, 2.75) is 13.2 Å². The van der Waals surface area contributed by atoms with Crippen LogP contribution in [0.1, 0.15) is 11.5 Å². The minimum absolute atomic E-state index is 0.0728. The highest BCUT2D eigenvalue weighted by Gasteiger charge is 2.12. The van der Waals surface area contributed by atoms with Crippen LogP contribution in [-0.4, -0.2) is 19.6 Å². The molecule has 0 fully saturated rings. The molecule has 0 amide bonds. The van der Waals surface area contributed by atoms with Crippen LogP contribution in [0.5, 0.6) is 0 Å². The summed E-state index contributed by atoms with van der Waals surface area (Å²) in [5, 5.41) is 14.7. The van der Waals surface area contributed by atoms with Crippen molar-refractivity contribution in [1.29, 1.82) is 0 Å². The summed E-state index contributed by atoms with van der Waals surface area (Å²) in [6.45, 7) is 0.550. The third-order valence-electron chi connectivity index (χ3n) is 3.48. The third kappa shape index (κ3) is 2.35. The Kier molecular flexibility index (Phi) is 3.49. The van der Waals surface area contributed by atoms with Gasteiger partial charge in [-0.15, -0.1) is 22.7 Å². The Hall–Kier alpha value is -2.02. The lowest BCUT2D eigenvalue weighted by atomic mass is 10.3. The molecule has 1 N–H and O–H groups in total. The molecule has 0 radical (unpaired) electrons. The van der Waals surface area contributed by atoms with Gasteiger partial charge in [0.1, 0.15) is 17.4 Å². The fraction of sp³-hybridized carbons (Fsp3) is 0.125. The van der Waals surface area contributed by atoms with E-state index in [0.717, 1.165) is 21.7 Å². The molecule has 110 valence electrons. The van der Waals surface area contributed by atoms with Crippen molar-refractivity contribution in [2.75, 3.05) is 0 Å². The van der Waals surface area contributed by atoms with Gasteiger partial charge in [-0.3, -0.25) is 0 Å². The fourth-order valence-electron chi connectivity index (χ4n) is 2.48. The normalized spacial score (nSPS) is 11.3. The number of hydrogen-bond acceptors (Lipinski definition) is 5. The minimum Gasteiger partial charge on any atom is -0.388 e. The van der Waals surface area contributed by atoms with Crippen molar-refractivity contribution in [2.24, 2.45) is 0 Å². The van der Waals surface area contributed by atoms with E-state index in [1.54, 1.807) is 22.7 Å². The number of imidazole rings is 1. The van der Waals surface area contributed by atoms with E-state index in [2.05, 4.69) is 21.8 Å². The molecule has 3 aromatic heterocycles. The maximum absolute atomic E-state index is 9.55. The number of thiazole rings is 1. The molecule has 0 aliphatic carbocycles. The molecule has 0 bridgehead atoms. The molecule has 0 unspecified atom stereocenters. The Labute approximate surface area is 135 Å². The van der Waals surface area contributed by atoms with Crippen molar-refractivity contribution in [3.05, 3.63) is 58.7 Å². The number of aliphatic hydroxyl groups excluding tert-OH is 1. The Bertz CT molecular complexity index is 909. The van der Waals surface area contributed by atoms with Gasteiger partial charge in [0.15, 0.2) is 0 Å². The number of thiophene rings is 1. The zero-order chi connectivity index (χ0) is 14.9. The van der Waals surface area contributed by atoms with Crippen LogP contribution in [0, 0.1) is 0 Å². The zero-order valence-corrected chi connectivity index (χ0v) is 13.3. The first-order valence-electron chi connectivity index (χ1n) is 6.88. The first kappa shape index (κ1) is 13.6. The molecule has 0 saturated carbocycles. The van der Waals surface area contributed by atoms with E-state index in [9.17, 15) is 5.11 Å². The summed E-state index contributed by atoms with van der Waals surface area (Å²) >= 11 is 3.35. The summed E-state index contributed by atoms with van der Waals surface area (Å²) in [6.07, 6.45) is 0. The number of aromatic nitrogens is 3. The number of hydrogen-bond donors (Lipinski definition) is 1. The zero-order valence-electron chi connectivity index (χ0n) is 11.6. The topological polar surface area (TPSA) is 50.9 Å². The quantitative estimate of drug-likeness (QED) is 0.621. The van der Waals surface area contributed by atoms with Crippen molar-refractivity contribution in [3.8, 4) is 9.88 Å². The molecule has 4 aromatic rings. The molecule has 22 heavy (non-hydrogen) atoms. The number of para-hydroxylation sites is 2. The number of aliphatic hydroxyl groups is 1. The van der Waals surface area contributed by atoms with Gasteiger partial charge in [0.25, 0.3) is 0 Å². The van der Waals surface area contributed by atoms with Gasteiger partial charge in [0.05, 0.1) is 28.1 Å². The SMILES string of the molecule is OCc1nc2ccccc2n1Cc1csc(-c2cccs2)n1. The van der Waals surface area contributed by atoms with E-state index in [4.69, 9.17) is 4.98 Å². The average molecular weight is 327 g/mol. The van der Waals surface area contributed by atoms with Crippen LogP contribution in [0.3, 0.4) is 0 Å². The standard InChI is InChI=1S/C16H13N3OS2/c20-9-15-18-12-4-1-2-5-13(12)19(15)8-11-10-22-16(17-11)14-6-3-7-21-14/h1-7,10,20H,8-9H2. The van der Waals surface area contributed by atoms with E-state index in [1.807, 2.05) is 34.9 Å². The first-order valence-corrected chi connectivity index (χ1v) is 8.64. The van der Waals surface area contributed by atoms with Crippen LogP contribution in [0.25, 0.3) is 20.9 Å². The Morgan fingerprint density at radius 2 is 1.95 bits per heavy atom. The van der Waals surface area contributed by atoms with Gasteiger partial charge in [-0.2, -0.15) is 0 Å². The van der Waals surface area contributed by atoms with E-state index in [1.165, 1.54) is 4.88 Å². The minimum atomic E-state index is -0.0728. The lowest BCUT2D eigenvalue weighted by molar-refractivity contribution is 0.267. The number of fused-ring (bicyclic) bond motifs is 1. The highest BCUT2D eigenvalue weighted by Crippen LogP contribution is 2.28. The molecule has 4 nitrogen and oxygen atoms in total. The molecule has 6 heteroatoms. The smallest absolute Gasteiger partial charge is 0.136 e. The maximum Gasteiger partial charge on any atom is 0.136 e. The van der Waals surface area contributed by atoms with Crippen molar-refractivity contribution in [1.82, 2.24) is 14.5 Å². The fourth-order valence-corrected chi connectivity index (χ4v) is 4.10. The van der Waals surface area contributed by atoms with Gasteiger partial charge in [-0.25, -0.2) is 9.97 Å². The van der Waals surface area contributed by atoms with E-state index < -0.39 is 0 Å². The Balaban J connectivity index is 1.72. The Morgan fingerprint density at radius 3 is 2.77 bits per heavy atom. The average Bonchev–Trinajstić information content (AvgIpc) is 3.27. The monoisotopic (exact) mass is 327 g/mol. The van der Waals surface area contributed by atoms with Crippen LogP contribution < -0.4 is 0 Å². The molecule has 3 heterocycles. The largest absolute Gasteiger partial charge is 0.388 e. The molecule has 4 rings (SSSR count). The number of benzene rings is 1. The highest BCUT2D eigenvalue weighted by atomic mass is 32.1. The summed E-state index contributed by atoms with van der Waals surface area (Å²) in [6, 6.07) is 12.0. The van der Waals surface area contributed by atoms with Crippen LogP contribution in [0.4, 0.5) is 0 Å². The summed E-state index contributed by atoms with van der Waals surface area (Å²) in [5.41, 5.74) is 2.92. The van der Waals surface area contributed by atoms with Gasteiger partial charge < -0.3 is 9.67 Å². The molecular formula is C16H13N3OS2. The second-order valence-corrected chi connectivity index (χ2v) is 6.69. The summed E-state index contributed by atoms with van der Waals surface area (Å²) in [5.74, 6) is 0.673. The number of rotatable bonds is 4. The van der Waals surface area contributed by atoms with E-state index >= 15 is 0 Å². The third-order valence-corrected chi connectivity index (χ3v) is 5.41.